The minimum Gasteiger partial charge on any atom is -0.336 e. The van der Waals surface area contributed by atoms with Crippen LogP contribution in [0.5, 0.6) is 0 Å². The lowest BCUT2D eigenvalue weighted by Crippen LogP contribution is -2.48. The van der Waals surface area contributed by atoms with Crippen molar-refractivity contribution in [2.45, 2.75) is 19.4 Å². The van der Waals surface area contributed by atoms with Crippen LogP contribution in [0.1, 0.15) is 28.8 Å². The summed E-state index contributed by atoms with van der Waals surface area (Å²) < 4.78 is 0. The van der Waals surface area contributed by atoms with Crippen molar-refractivity contribution in [1.29, 1.82) is 0 Å². The molecule has 2 aliphatic rings. The van der Waals surface area contributed by atoms with Crippen LogP contribution in [0.4, 0.5) is 5.69 Å². The Morgan fingerprint density at radius 2 is 1.61 bits per heavy atom. The quantitative estimate of drug-likeness (QED) is 0.694. The van der Waals surface area contributed by atoms with E-state index in [-0.39, 0.29) is 17.7 Å². The van der Waals surface area contributed by atoms with Crippen LogP contribution in [0.3, 0.4) is 0 Å². The number of hydrogen-bond acceptors (Lipinski definition) is 4. The summed E-state index contributed by atoms with van der Waals surface area (Å²) in [6.07, 6.45) is 5.49. The number of aromatic nitrogens is 1. The first kappa shape index (κ1) is 19.7. The number of amides is 2. The first-order chi connectivity index (χ1) is 15.2. The van der Waals surface area contributed by atoms with Crippen molar-refractivity contribution in [2.75, 3.05) is 31.5 Å². The number of rotatable bonds is 5. The van der Waals surface area contributed by atoms with Crippen LogP contribution in [0, 0.1) is 5.92 Å². The second-order valence-electron chi connectivity index (χ2n) is 8.43. The van der Waals surface area contributed by atoms with Gasteiger partial charge in [-0.25, -0.2) is 0 Å². The van der Waals surface area contributed by atoms with Crippen LogP contribution < -0.4 is 5.32 Å². The molecule has 31 heavy (non-hydrogen) atoms. The molecule has 0 unspecified atom stereocenters. The standard InChI is InChI=1S/C25H26N4O2/c30-24(19-5-6-19)27-23-16-21-4-2-1-3-20(21)15-22(23)25(31)29-13-11-28(12-14-29)17-18-7-9-26-10-8-18/h1-4,7-10,15-16,19H,5-6,11-14,17H2,(H,27,30). The Labute approximate surface area is 181 Å². The number of hydrogen-bond donors (Lipinski definition) is 1. The van der Waals surface area contributed by atoms with E-state index in [1.807, 2.05) is 65.8 Å². The summed E-state index contributed by atoms with van der Waals surface area (Å²) in [5.74, 6) is 0.0954. The Morgan fingerprint density at radius 1 is 0.935 bits per heavy atom. The average molecular weight is 415 g/mol. The zero-order valence-corrected chi connectivity index (χ0v) is 17.5. The maximum atomic E-state index is 13.4. The Balaban J connectivity index is 1.33. The van der Waals surface area contributed by atoms with Gasteiger partial charge in [0, 0.05) is 51.0 Å². The zero-order valence-electron chi connectivity index (χ0n) is 17.5. The van der Waals surface area contributed by atoms with E-state index in [0.29, 0.717) is 24.3 Å². The highest BCUT2D eigenvalue weighted by molar-refractivity contribution is 6.08. The monoisotopic (exact) mass is 414 g/mol. The lowest BCUT2D eigenvalue weighted by Gasteiger charge is -2.35. The van der Waals surface area contributed by atoms with Crippen LogP contribution >= 0.6 is 0 Å². The third kappa shape index (κ3) is 4.44. The van der Waals surface area contributed by atoms with Crippen molar-refractivity contribution < 1.29 is 9.59 Å². The predicted molar refractivity (Wildman–Crippen MR) is 121 cm³/mol. The molecule has 5 rings (SSSR count). The number of pyridine rings is 1. The van der Waals surface area contributed by atoms with Gasteiger partial charge in [-0.3, -0.25) is 19.5 Å². The molecule has 0 bridgehead atoms. The summed E-state index contributed by atoms with van der Waals surface area (Å²) in [4.78, 5) is 34.2. The molecule has 2 aromatic carbocycles. The van der Waals surface area contributed by atoms with E-state index in [1.165, 1.54) is 5.56 Å². The summed E-state index contributed by atoms with van der Waals surface area (Å²) in [5, 5.41) is 5.05. The molecule has 158 valence electrons. The first-order valence-electron chi connectivity index (χ1n) is 10.9. The summed E-state index contributed by atoms with van der Waals surface area (Å²) in [6.45, 7) is 3.86. The molecular formula is C25H26N4O2. The number of benzene rings is 2. The molecule has 1 saturated carbocycles. The predicted octanol–water partition coefficient (Wildman–Crippen LogP) is 3.54. The van der Waals surface area contributed by atoms with Gasteiger partial charge in [-0.1, -0.05) is 24.3 Å². The van der Waals surface area contributed by atoms with E-state index in [4.69, 9.17) is 0 Å². The summed E-state index contributed by atoms with van der Waals surface area (Å²) >= 11 is 0. The van der Waals surface area contributed by atoms with E-state index in [2.05, 4.69) is 15.2 Å². The largest absolute Gasteiger partial charge is 0.336 e. The minimum atomic E-state index is -0.0135. The smallest absolute Gasteiger partial charge is 0.256 e. The Kier molecular flexibility index (Phi) is 5.38. The van der Waals surface area contributed by atoms with Crippen LogP contribution in [-0.2, 0) is 11.3 Å². The summed E-state index contributed by atoms with van der Waals surface area (Å²) in [5.41, 5.74) is 2.43. The van der Waals surface area contributed by atoms with Crippen molar-refractivity contribution in [3.63, 3.8) is 0 Å². The minimum absolute atomic E-state index is 0.0135. The molecule has 1 saturated heterocycles. The molecule has 1 aliphatic heterocycles. The topological polar surface area (TPSA) is 65.5 Å². The second-order valence-corrected chi connectivity index (χ2v) is 8.43. The number of carbonyl (C=O) groups is 2. The maximum absolute atomic E-state index is 13.4. The highest BCUT2D eigenvalue weighted by Crippen LogP contribution is 2.32. The zero-order chi connectivity index (χ0) is 21.2. The molecule has 2 heterocycles. The fourth-order valence-electron chi connectivity index (χ4n) is 4.13. The van der Waals surface area contributed by atoms with E-state index in [0.717, 1.165) is 43.2 Å². The number of piperazine rings is 1. The van der Waals surface area contributed by atoms with Gasteiger partial charge in [0.2, 0.25) is 5.91 Å². The molecule has 2 amide bonds. The van der Waals surface area contributed by atoms with Crippen LogP contribution in [0.2, 0.25) is 0 Å². The van der Waals surface area contributed by atoms with Gasteiger partial charge in [0.15, 0.2) is 0 Å². The number of fused-ring (bicyclic) bond motifs is 1. The van der Waals surface area contributed by atoms with Crippen molar-refractivity contribution in [2.24, 2.45) is 5.92 Å². The van der Waals surface area contributed by atoms with E-state index in [1.54, 1.807) is 0 Å². The van der Waals surface area contributed by atoms with Crippen molar-refractivity contribution in [3.05, 3.63) is 72.1 Å². The first-order valence-corrected chi connectivity index (χ1v) is 10.9. The number of nitrogens with zero attached hydrogens (tertiary/aromatic N) is 3. The fraction of sp³-hybridized carbons (Fsp3) is 0.320. The maximum Gasteiger partial charge on any atom is 0.256 e. The average Bonchev–Trinajstić information content (AvgIpc) is 3.65. The second kappa shape index (κ2) is 8.47. The Bertz CT molecular complexity index is 1100. The normalized spacial score (nSPS) is 17.0. The molecule has 1 N–H and O–H groups in total. The third-order valence-corrected chi connectivity index (χ3v) is 6.14. The molecule has 0 atom stereocenters. The molecular weight excluding hydrogens is 388 g/mol. The molecule has 1 aliphatic carbocycles. The number of nitrogens with one attached hydrogen (secondary N) is 1. The lowest BCUT2D eigenvalue weighted by atomic mass is 10.0. The lowest BCUT2D eigenvalue weighted by molar-refractivity contribution is -0.117. The molecule has 6 heteroatoms. The molecule has 1 aromatic heterocycles. The molecule has 6 nitrogen and oxygen atoms in total. The molecule has 2 fully saturated rings. The van der Waals surface area contributed by atoms with Gasteiger partial charge >= 0.3 is 0 Å². The van der Waals surface area contributed by atoms with E-state index < -0.39 is 0 Å². The number of carbonyl (C=O) groups excluding carboxylic acids is 2. The van der Waals surface area contributed by atoms with Crippen molar-refractivity contribution >= 4 is 28.3 Å². The summed E-state index contributed by atoms with van der Waals surface area (Å²) in [6, 6.07) is 15.9. The van der Waals surface area contributed by atoms with Crippen LogP contribution in [0.25, 0.3) is 10.8 Å². The fourth-order valence-corrected chi connectivity index (χ4v) is 4.13. The summed E-state index contributed by atoms with van der Waals surface area (Å²) in [7, 11) is 0. The van der Waals surface area contributed by atoms with E-state index in [9.17, 15) is 9.59 Å². The van der Waals surface area contributed by atoms with Gasteiger partial charge in [0.25, 0.3) is 5.91 Å². The van der Waals surface area contributed by atoms with Crippen LogP contribution in [-0.4, -0.2) is 52.8 Å². The molecule has 3 aromatic rings. The van der Waals surface area contributed by atoms with Crippen molar-refractivity contribution in [3.8, 4) is 0 Å². The SMILES string of the molecule is O=C(Nc1cc2ccccc2cc1C(=O)N1CCN(Cc2ccncc2)CC1)C1CC1. The molecule has 0 spiro atoms. The third-order valence-electron chi connectivity index (χ3n) is 6.14. The van der Waals surface area contributed by atoms with Gasteiger partial charge in [-0.2, -0.15) is 0 Å². The number of anilines is 1. The Hall–Kier alpha value is -3.25. The van der Waals surface area contributed by atoms with Gasteiger partial charge in [0.1, 0.15) is 0 Å². The van der Waals surface area contributed by atoms with Crippen molar-refractivity contribution in [1.82, 2.24) is 14.8 Å². The van der Waals surface area contributed by atoms with E-state index >= 15 is 0 Å². The highest BCUT2D eigenvalue weighted by atomic mass is 16.2. The highest BCUT2D eigenvalue weighted by Gasteiger charge is 2.31. The van der Waals surface area contributed by atoms with Gasteiger partial charge in [-0.15, -0.1) is 0 Å². The van der Waals surface area contributed by atoms with Gasteiger partial charge in [0.05, 0.1) is 11.3 Å². The Morgan fingerprint density at radius 3 is 2.29 bits per heavy atom. The van der Waals surface area contributed by atoms with Crippen LogP contribution in [0.15, 0.2) is 60.9 Å². The van der Waals surface area contributed by atoms with Gasteiger partial charge in [-0.05, 0) is 53.4 Å². The molecule has 0 radical (unpaired) electrons. The van der Waals surface area contributed by atoms with Gasteiger partial charge < -0.3 is 10.2 Å².